The number of benzene rings is 7. The summed E-state index contributed by atoms with van der Waals surface area (Å²) in [5.41, 5.74) is 14.8. The van der Waals surface area contributed by atoms with Crippen molar-refractivity contribution in [3.63, 3.8) is 0 Å². The zero-order valence-corrected chi connectivity index (χ0v) is 31.6. The first-order chi connectivity index (χ1) is 28.1. The highest BCUT2D eigenvalue weighted by Crippen LogP contribution is 2.40. The number of pyridine rings is 1. The van der Waals surface area contributed by atoms with Crippen LogP contribution < -0.4 is 0 Å². The molecule has 0 saturated carbocycles. The summed E-state index contributed by atoms with van der Waals surface area (Å²) in [6.07, 6.45) is 1.83. The molecule has 270 valence electrons. The van der Waals surface area contributed by atoms with E-state index in [1.165, 1.54) is 33.0 Å². The molecule has 0 aliphatic rings. The molecule has 0 fully saturated rings. The van der Waals surface area contributed by atoms with Gasteiger partial charge in [-0.2, -0.15) is 0 Å². The van der Waals surface area contributed by atoms with E-state index in [1.54, 1.807) is 0 Å². The Labute approximate surface area is 331 Å². The maximum atomic E-state index is 5.26. The fourth-order valence-corrected chi connectivity index (χ4v) is 7.66. The summed E-state index contributed by atoms with van der Waals surface area (Å²) in [4.78, 5) is 20.3. The first-order valence-electron chi connectivity index (χ1n) is 19.2. The van der Waals surface area contributed by atoms with Gasteiger partial charge < -0.3 is 4.57 Å². The van der Waals surface area contributed by atoms with Gasteiger partial charge in [0.1, 0.15) is 0 Å². The molecular formula is C52H37N5. The van der Waals surface area contributed by atoms with Gasteiger partial charge in [0.25, 0.3) is 0 Å². The zero-order chi connectivity index (χ0) is 38.3. The molecule has 0 bridgehead atoms. The fraction of sp³-hybridized carbons (Fsp3) is 0.0385. The van der Waals surface area contributed by atoms with E-state index < -0.39 is 0 Å². The molecule has 0 aliphatic heterocycles. The van der Waals surface area contributed by atoms with E-state index in [1.807, 2.05) is 85.1 Å². The van der Waals surface area contributed by atoms with Crippen LogP contribution in [-0.4, -0.2) is 24.5 Å². The van der Waals surface area contributed by atoms with Crippen molar-refractivity contribution in [3.05, 3.63) is 199 Å². The summed E-state index contributed by atoms with van der Waals surface area (Å²) >= 11 is 0. The summed E-state index contributed by atoms with van der Waals surface area (Å²) in [5, 5.41) is 2.34. The van der Waals surface area contributed by atoms with Crippen LogP contribution in [0.5, 0.6) is 0 Å². The van der Waals surface area contributed by atoms with Gasteiger partial charge in [0.15, 0.2) is 17.5 Å². The highest BCUT2D eigenvalue weighted by molar-refractivity contribution is 6.11. The average molecular weight is 732 g/mol. The van der Waals surface area contributed by atoms with Gasteiger partial charge in [0.2, 0.25) is 0 Å². The Hall–Kier alpha value is -7.50. The number of fused-ring (bicyclic) bond motifs is 3. The zero-order valence-electron chi connectivity index (χ0n) is 31.6. The summed E-state index contributed by atoms with van der Waals surface area (Å²) in [7, 11) is 0. The van der Waals surface area contributed by atoms with Crippen molar-refractivity contribution in [2.45, 2.75) is 13.8 Å². The quantitative estimate of drug-likeness (QED) is 0.164. The van der Waals surface area contributed by atoms with Gasteiger partial charge in [-0.15, -0.1) is 0 Å². The summed E-state index contributed by atoms with van der Waals surface area (Å²) < 4.78 is 2.39. The molecule has 10 rings (SSSR count). The third-order valence-electron chi connectivity index (χ3n) is 10.7. The van der Waals surface area contributed by atoms with Gasteiger partial charge in [0, 0.05) is 39.2 Å². The monoisotopic (exact) mass is 731 g/mol. The number of rotatable bonds is 7. The molecule has 7 aromatic carbocycles. The Bertz CT molecular complexity index is 2880. The second-order valence-corrected chi connectivity index (χ2v) is 14.5. The lowest BCUT2D eigenvalue weighted by atomic mass is 10.0. The Balaban J connectivity index is 1.29. The molecule has 0 aliphatic carbocycles. The minimum atomic E-state index is 0.579. The number of hydrogen-bond acceptors (Lipinski definition) is 4. The lowest BCUT2D eigenvalue weighted by Gasteiger charge is -2.17. The number of nitrogens with zero attached hydrogens (tertiary/aromatic N) is 5. The normalized spacial score (nSPS) is 11.3. The smallest absolute Gasteiger partial charge is 0.166 e. The number of hydrogen-bond donors (Lipinski definition) is 0. The molecule has 57 heavy (non-hydrogen) atoms. The Morgan fingerprint density at radius 2 is 0.842 bits per heavy atom. The Morgan fingerprint density at radius 1 is 0.368 bits per heavy atom. The molecule has 3 heterocycles. The molecule has 5 heteroatoms. The molecule has 5 nitrogen and oxygen atoms in total. The van der Waals surface area contributed by atoms with Crippen molar-refractivity contribution < 1.29 is 0 Å². The van der Waals surface area contributed by atoms with E-state index in [4.69, 9.17) is 19.9 Å². The molecule has 0 N–H and O–H groups in total. The van der Waals surface area contributed by atoms with Gasteiger partial charge in [-0.05, 0) is 72.5 Å². The van der Waals surface area contributed by atoms with Crippen molar-refractivity contribution in [1.29, 1.82) is 0 Å². The highest BCUT2D eigenvalue weighted by Gasteiger charge is 2.21. The fourth-order valence-electron chi connectivity index (χ4n) is 7.66. The summed E-state index contributed by atoms with van der Waals surface area (Å²) in [6, 6.07) is 64.0. The average Bonchev–Trinajstić information content (AvgIpc) is 3.60. The van der Waals surface area contributed by atoms with Crippen LogP contribution in [0.25, 0.3) is 95.2 Å². The minimum Gasteiger partial charge on any atom is -0.308 e. The molecule has 0 unspecified atom stereocenters. The van der Waals surface area contributed by atoms with Crippen LogP contribution in [0.1, 0.15) is 11.1 Å². The predicted molar refractivity (Wildman–Crippen MR) is 234 cm³/mol. The number of aryl methyl sites for hydroxylation is 2. The standard InChI is InChI=1S/C52H37N5/c1-34-16-20-36(21-17-34)40-24-27-43-44-28-25-41(37-22-18-35(2)19-23-37)33-49(44)57(48(43)32-40)47-29-26-42(46-15-9-10-30-53-46)31-45(47)52-55-50(38-11-5-3-6-12-38)54-51(56-52)39-13-7-4-8-14-39/h3-33H,1-2H3. The van der Waals surface area contributed by atoms with Crippen molar-refractivity contribution in [2.75, 3.05) is 0 Å². The van der Waals surface area contributed by atoms with Gasteiger partial charge in [0.05, 0.1) is 22.4 Å². The SMILES string of the molecule is Cc1ccc(-c2ccc3c4ccc(-c5ccc(C)cc5)cc4n(-c4ccc(-c5ccccn5)cc4-c4nc(-c5ccccc5)nc(-c5ccccc5)n4)c3c2)cc1. The van der Waals surface area contributed by atoms with Crippen molar-refractivity contribution in [2.24, 2.45) is 0 Å². The third-order valence-corrected chi connectivity index (χ3v) is 10.7. The molecule has 0 atom stereocenters. The number of aromatic nitrogens is 5. The van der Waals surface area contributed by atoms with E-state index in [-0.39, 0.29) is 0 Å². The Morgan fingerprint density at radius 3 is 1.35 bits per heavy atom. The predicted octanol–water partition coefficient (Wildman–Crippen LogP) is 13.0. The lowest BCUT2D eigenvalue weighted by Crippen LogP contribution is -2.04. The van der Waals surface area contributed by atoms with Gasteiger partial charge in [-0.25, -0.2) is 15.0 Å². The minimum absolute atomic E-state index is 0.579. The summed E-state index contributed by atoms with van der Waals surface area (Å²) in [6.45, 7) is 4.25. The van der Waals surface area contributed by atoms with E-state index >= 15 is 0 Å². The van der Waals surface area contributed by atoms with Gasteiger partial charge in [-0.3, -0.25) is 4.98 Å². The van der Waals surface area contributed by atoms with E-state index in [0.717, 1.165) is 55.8 Å². The lowest BCUT2D eigenvalue weighted by molar-refractivity contribution is 1.06. The second kappa shape index (κ2) is 14.3. The molecule has 0 radical (unpaired) electrons. The van der Waals surface area contributed by atoms with Crippen LogP contribution in [0, 0.1) is 13.8 Å². The topological polar surface area (TPSA) is 56.5 Å². The van der Waals surface area contributed by atoms with Gasteiger partial charge >= 0.3 is 0 Å². The first kappa shape index (κ1) is 34.0. The van der Waals surface area contributed by atoms with Crippen LogP contribution in [0.2, 0.25) is 0 Å². The molecule has 10 aromatic rings. The summed E-state index contributed by atoms with van der Waals surface area (Å²) in [5.74, 6) is 1.80. The molecule has 0 amide bonds. The molecule has 0 spiro atoms. The van der Waals surface area contributed by atoms with E-state index in [2.05, 4.69) is 122 Å². The molecule has 0 saturated heterocycles. The maximum absolute atomic E-state index is 5.26. The van der Waals surface area contributed by atoms with Crippen molar-refractivity contribution in [3.8, 4) is 73.4 Å². The van der Waals surface area contributed by atoms with E-state index in [9.17, 15) is 0 Å². The highest BCUT2D eigenvalue weighted by atomic mass is 15.1. The van der Waals surface area contributed by atoms with Crippen molar-refractivity contribution in [1.82, 2.24) is 24.5 Å². The molecule has 3 aromatic heterocycles. The third kappa shape index (κ3) is 6.45. The molecular weight excluding hydrogens is 695 g/mol. The first-order valence-corrected chi connectivity index (χ1v) is 19.2. The van der Waals surface area contributed by atoms with Crippen LogP contribution in [0.4, 0.5) is 0 Å². The van der Waals surface area contributed by atoms with Gasteiger partial charge in [-0.1, -0.05) is 157 Å². The van der Waals surface area contributed by atoms with Crippen LogP contribution in [0.3, 0.4) is 0 Å². The Kier molecular flexibility index (Phi) is 8.53. The second-order valence-electron chi connectivity index (χ2n) is 14.5. The van der Waals surface area contributed by atoms with Crippen LogP contribution in [0.15, 0.2) is 188 Å². The van der Waals surface area contributed by atoms with E-state index in [0.29, 0.717) is 17.5 Å². The van der Waals surface area contributed by atoms with Crippen molar-refractivity contribution >= 4 is 21.8 Å². The van der Waals surface area contributed by atoms with Crippen LogP contribution in [-0.2, 0) is 0 Å². The largest absolute Gasteiger partial charge is 0.308 e. The van der Waals surface area contributed by atoms with Crippen LogP contribution >= 0.6 is 0 Å². The maximum Gasteiger partial charge on any atom is 0.166 e.